The van der Waals surface area contributed by atoms with Crippen molar-refractivity contribution in [1.82, 2.24) is 9.21 Å². The van der Waals surface area contributed by atoms with Gasteiger partial charge in [-0.05, 0) is 43.5 Å². The number of amides is 2. The first-order valence-electron chi connectivity index (χ1n) is 11.8. The molecule has 1 unspecified atom stereocenters. The lowest BCUT2D eigenvalue weighted by Gasteiger charge is -2.34. The van der Waals surface area contributed by atoms with Crippen molar-refractivity contribution in [3.8, 4) is 5.75 Å². The van der Waals surface area contributed by atoms with E-state index in [1.165, 1.54) is 10.4 Å². The molecule has 0 radical (unpaired) electrons. The van der Waals surface area contributed by atoms with Crippen LogP contribution in [0.5, 0.6) is 5.75 Å². The third-order valence-electron chi connectivity index (χ3n) is 5.87. The van der Waals surface area contributed by atoms with Crippen LogP contribution in [0, 0.1) is 0 Å². The Morgan fingerprint density at radius 2 is 1.79 bits per heavy atom. The number of likely N-dealkylation sites (tertiary alicyclic amines) is 1. The summed E-state index contributed by atoms with van der Waals surface area (Å²) in [6.45, 7) is 6.75. The Kier molecular flexibility index (Phi) is 8.68. The molecular formula is C25H33N3O5S. The van der Waals surface area contributed by atoms with Crippen molar-refractivity contribution in [3.05, 3.63) is 54.1 Å². The summed E-state index contributed by atoms with van der Waals surface area (Å²) in [6, 6.07) is 12.9. The van der Waals surface area contributed by atoms with Crippen LogP contribution >= 0.6 is 0 Å². The number of anilines is 1. The number of carbonyl (C=O) groups excluding carboxylic acids is 2. The van der Waals surface area contributed by atoms with Crippen molar-refractivity contribution in [3.63, 3.8) is 0 Å². The number of ether oxygens (including phenoxy) is 1. The van der Waals surface area contributed by atoms with Crippen LogP contribution in [0.15, 0.2) is 53.4 Å². The van der Waals surface area contributed by atoms with Gasteiger partial charge < -0.3 is 15.0 Å². The van der Waals surface area contributed by atoms with Gasteiger partial charge in [0.2, 0.25) is 15.9 Å². The highest BCUT2D eigenvalue weighted by Gasteiger charge is 2.33. The molecular weight excluding hydrogens is 454 g/mol. The fraction of sp³-hybridized carbons (Fsp3) is 0.440. The van der Waals surface area contributed by atoms with Gasteiger partial charge in [0.1, 0.15) is 16.7 Å². The molecule has 9 heteroatoms. The number of nitrogens with zero attached hydrogens (tertiary/aromatic N) is 2. The first-order chi connectivity index (χ1) is 16.3. The summed E-state index contributed by atoms with van der Waals surface area (Å²) in [7, 11) is -3.82. The molecule has 1 saturated heterocycles. The molecule has 2 amide bonds. The summed E-state index contributed by atoms with van der Waals surface area (Å²) in [5.74, 6) is -0.221. The largest absolute Gasteiger partial charge is 0.492 e. The highest BCUT2D eigenvalue weighted by Crippen LogP contribution is 2.32. The van der Waals surface area contributed by atoms with Crippen molar-refractivity contribution >= 4 is 27.5 Å². The van der Waals surface area contributed by atoms with Crippen molar-refractivity contribution in [2.24, 2.45) is 0 Å². The molecule has 0 bridgehead atoms. The van der Waals surface area contributed by atoms with Gasteiger partial charge in [-0.15, -0.1) is 0 Å². The van der Waals surface area contributed by atoms with Gasteiger partial charge in [0, 0.05) is 31.7 Å². The van der Waals surface area contributed by atoms with E-state index >= 15 is 0 Å². The summed E-state index contributed by atoms with van der Waals surface area (Å²) in [6.07, 6.45) is 2.05. The Morgan fingerprint density at radius 3 is 2.41 bits per heavy atom. The highest BCUT2D eigenvalue weighted by atomic mass is 32.2. The third kappa shape index (κ3) is 5.59. The van der Waals surface area contributed by atoms with Gasteiger partial charge in [-0.1, -0.05) is 44.2 Å². The molecule has 184 valence electrons. The normalized spacial score (nSPS) is 15.3. The molecule has 1 heterocycles. The van der Waals surface area contributed by atoms with Gasteiger partial charge in [0.05, 0.1) is 6.61 Å². The van der Waals surface area contributed by atoms with E-state index in [0.717, 1.165) is 12.8 Å². The van der Waals surface area contributed by atoms with E-state index < -0.39 is 22.0 Å². The van der Waals surface area contributed by atoms with Crippen LogP contribution in [-0.2, 0) is 19.6 Å². The lowest BCUT2D eigenvalue weighted by atomic mass is 10.0. The average Bonchev–Trinajstić information content (AvgIpc) is 2.83. The zero-order chi connectivity index (χ0) is 24.7. The Labute approximate surface area is 201 Å². The maximum atomic E-state index is 13.5. The topological polar surface area (TPSA) is 96.0 Å². The van der Waals surface area contributed by atoms with Crippen molar-refractivity contribution in [2.75, 3.05) is 31.6 Å². The number of piperidine rings is 1. The first kappa shape index (κ1) is 25.7. The monoisotopic (exact) mass is 487 g/mol. The van der Waals surface area contributed by atoms with Gasteiger partial charge in [0.25, 0.3) is 5.91 Å². The summed E-state index contributed by atoms with van der Waals surface area (Å²) in [5, 5.41) is 2.84. The summed E-state index contributed by atoms with van der Waals surface area (Å²) < 4.78 is 33.4. The van der Waals surface area contributed by atoms with Gasteiger partial charge >= 0.3 is 0 Å². The van der Waals surface area contributed by atoms with E-state index in [4.69, 9.17) is 4.74 Å². The smallest absolute Gasteiger partial charge is 0.251 e. The number of hydrogen-bond acceptors (Lipinski definition) is 5. The molecule has 1 aliphatic heterocycles. The van der Waals surface area contributed by atoms with E-state index in [1.807, 2.05) is 30.3 Å². The van der Waals surface area contributed by atoms with Crippen molar-refractivity contribution < 1.29 is 22.7 Å². The van der Waals surface area contributed by atoms with Crippen LogP contribution in [0.3, 0.4) is 0 Å². The number of hydrogen-bond donors (Lipinski definition) is 1. The Balaban J connectivity index is 1.98. The van der Waals surface area contributed by atoms with E-state index in [2.05, 4.69) is 5.32 Å². The van der Waals surface area contributed by atoms with Crippen LogP contribution < -0.4 is 10.1 Å². The highest BCUT2D eigenvalue weighted by molar-refractivity contribution is 7.89. The second-order valence-electron chi connectivity index (χ2n) is 8.03. The molecule has 3 rings (SSSR count). The van der Waals surface area contributed by atoms with E-state index in [9.17, 15) is 18.0 Å². The molecule has 1 aliphatic rings. The Morgan fingerprint density at radius 1 is 1.09 bits per heavy atom. The quantitative estimate of drug-likeness (QED) is 0.550. The lowest BCUT2D eigenvalue weighted by Crippen LogP contribution is -2.43. The molecule has 0 aromatic heterocycles. The summed E-state index contributed by atoms with van der Waals surface area (Å²) >= 11 is 0. The number of rotatable bonds is 10. The molecule has 8 nitrogen and oxygen atoms in total. The number of benzene rings is 2. The molecule has 1 N–H and O–H groups in total. The van der Waals surface area contributed by atoms with Crippen molar-refractivity contribution in [2.45, 2.75) is 51.0 Å². The minimum Gasteiger partial charge on any atom is -0.492 e. The van der Waals surface area contributed by atoms with Crippen LogP contribution in [0.25, 0.3) is 0 Å². The summed E-state index contributed by atoms with van der Waals surface area (Å²) in [4.78, 5) is 27.7. The predicted molar refractivity (Wildman–Crippen MR) is 131 cm³/mol. The Hall–Kier alpha value is -2.91. The van der Waals surface area contributed by atoms with E-state index in [-0.39, 0.29) is 16.6 Å². The minimum atomic E-state index is -3.82. The van der Waals surface area contributed by atoms with Crippen LogP contribution in [0.2, 0.25) is 0 Å². The van der Waals surface area contributed by atoms with Gasteiger partial charge in [-0.25, -0.2) is 8.42 Å². The fourth-order valence-corrected chi connectivity index (χ4v) is 5.80. The number of sulfonamides is 1. The predicted octanol–water partition coefficient (Wildman–Crippen LogP) is 3.81. The zero-order valence-electron chi connectivity index (χ0n) is 20.0. The number of nitrogens with one attached hydrogen (secondary N) is 1. The average molecular weight is 488 g/mol. The molecule has 2 aromatic carbocycles. The Bertz CT molecular complexity index is 1100. The minimum absolute atomic E-state index is 0.00107. The maximum Gasteiger partial charge on any atom is 0.251 e. The van der Waals surface area contributed by atoms with Gasteiger partial charge in [0.15, 0.2) is 0 Å². The second kappa shape index (κ2) is 11.5. The fourth-order valence-electron chi connectivity index (χ4n) is 4.18. The van der Waals surface area contributed by atoms with E-state index in [0.29, 0.717) is 43.9 Å². The molecule has 2 aromatic rings. The zero-order valence-corrected chi connectivity index (χ0v) is 20.8. The second-order valence-corrected chi connectivity index (χ2v) is 9.94. The van der Waals surface area contributed by atoms with Gasteiger partial charge in [-0.3, -0.25) is 9.59 Å². The van der Waals surface area contributed by atoms with E-state index in [1.54, 1.807) is 37.8 Å². The molecule has 0 spiro atoms. The molecule has 0 aliphatic carbocycles. The maximum absolute atomic E-state index is 13.5. The lowest BCUT2D eigenvalue weighted by molar-refractivity contribution is -0.141. The molecule has 1 atom stereocenters. The van der Waals surface area contributed by atoms with Crippen molar-refractivity contribution in [1.29, 1.82) is 0 Å². The van der Waals surface area contributed by atoms with Crippen LogP contribution in [0.4, 0.5) is 5.69 Å². The SMILES string of the molecule is CCOc1ccc(NC(=O)C(c2ccccc2)N2CCCCC2=O)cc1S(=O)(=O)N(CC)CC. The van der Waals surface area contributed by atoms with Gasteiger partial charge in [-0.2, -0.15) is 4.31 Å². The summed E-state index contributed by atoms with van der Waals surface area (Å²) in [5.41, 5.74) is 1.03. The number of carbonyl (C=O) groups is 2. The van der Waals surface area contributed by atoms with Crippen LogP contribution in [0.1, 0.15) is 51.6 Å². The van der Waals surface area contributed by atoms with Crippen LogP contribution in [-0.4, -0.2) is 55.7 Å². The molecule has 1 fully saturated rings. The molecule has 34 heavy (non-hydrogen) atoms. The standard InChI is InChI=1S/C25H33N3O5S/c1-4-27(5-2)34(31,32)22-18-20(15-16-21(22)33-6-3)26-25(30)24(19-12-8-7-9-13-19)28-17-11-10-14-23(28)29/h7-9,12-13,15-16,18,24H,4-6,10-11,14,17H2,1-3H3,(H,26,30). The first-order valence-corrected chi connectivity index (χ1v) is 13.2. The third-order valence-corrected chi connectivity index (χ3v) is 7.94. The molecule has 0 saturated carbocycles.